The van der Waals surface area contributed by atoms with Crippen molar-refractivity contribution in [3.8, 4) is 34.6 Å². The monoisotopic (exact) mass is 534 g/mol. The van der Waals surface area contributed by atoms with Gasteiger partial charge in [-0.05, 0) is 37.6 Å². The highest BCUT2D eigenvalue weighted by molar-refractivity contribution is 7.93. The Kier molecular flexibility index (Phi) is 7.54. The van der Waals surface area contributed by atoms with E-state index in [1.54, 1.807) is 44.4 Å². The number of sulfonamides is 1. The number of aromatic nitrogens is 6. The Morgan fingerprint density at radius 2 is 1.68 bits per heavy atom. The van der Waals surface area contributed by atoms with Crippen LogP contribution in [0, 0.1) is 18.3 Å². The number of para-hydroxylation sites is 1. The minimum Gasteiger partial charge on any atom is -0.494 e. The van der Waals surface area contributed by atoms with Crippen molar-refractivity contribution in [1.82, 2.24) is 29.7 Å². The average molecular weight is 535 g/mol. The van der Waals surface area contributed by atoms with Crippen LogP contribution in [0.5, 0.6) is 11.5 Å². The van der Waals surface area contributed by atoms with Gasteiger partial charge in [-0.15, -0.1) is 10.2 Å². The van der Waals surface area contributed by atoms with Crippen LogP contribution in [0.2, 0.25) is 0 Å². The van der Waals surface area contributed by atoms with Crippen LogP contribution in [-0.2, 0) is 10.0 Å². The second kappa shape index (κ2) is 10.8. The molecule has 4 aromatic rings. The third-order valence-electron chi connectivity index (χ3n) is 6.06. The van der Waals surface area contributed by atoms with E-state index in [0.717, 1.165) is 5.56 Å². The Bertz CT molecular complexity index is 1570. The van der Waals surface area contributed by atoms with E-state index in [-0.39, 0.29) is 11.5 Å². The van der Waals surface area contributed by atoms with Crippen LogP contribution < -0.4 is 14.2 Å². The molecular weight excluding hydrogens is 508 g/mol. The predicted molar refractivity (Wildman–Crippen MR) is 140 cm³/mol. The molecule has 13 heteroatoms. The van der Waals surface area contributed by atoms with Gasteiger partial charge in [0.15, 0.2) is 5.82 Å². The van der Waals surface area contributed by atoms with Crippen LogP contribution in [-0.4, -0.2) is 57.6 Å². The highest BCUT2D eigenvalue weighted by atomic mass is 32.2. The minimum absolute atomic E-state index is 0.0656. The largest absolute Gasteiger partial charge is 0.494 e. The van der Waals surface area contributed by atoms with Gasteiger partial charge < -0.3 is 9.47 Å². The molecule has 196 valence electrons. The maximum Gasteiger partial charge on any atom is 0.243 e. The first-order valence-electron chi connectivity index (χ1n) is 11.5. The van der Waals surface area contributed by atoms with Crippen molar-refractivity contribution in [3.63, 3.8) is 0 Å². The standard InChI is InChI=1S/C25H26N8O4S/c1-15-9-19(14-27-11-15)24-30-31-25(33(24)22-20(36-4)7-6-8-21(22)37-5)32-38(34,35)17(3)16(2)23-28-12-18(10-26)13-29-23/h6-9,11-14,16-17H,1-5H3,(H,31,32)/t16-,17-/m0/s1. The summed E-state index contributed by atoms with van der Waals surface area (Å²) >= 11 is 0. The molecule has 4 rings (SSSR count). The fraction of sp³-hybridized carbons (Fsp3) is 0.280. The van der Waals surface area contributed by atoms with Gasteiger partial charge in [-0.3, -0.25) is 14.3 Å². The lowest BCUT2D eigenvalue weighted by molar-refractivity contribution is 0.391. The molecule has 0 saturated carbocycles. The average Bonchev–Trinajstić information content (AvgIpc) is 3.33. The number of nitriles is 1. The van der Waals surface area contributed by atoms with Crippen molar-refractivity contribution >= 4 is 16.0 Å². The number of pyridine rings is 1. The van der Waals surface area contributed by atoms with Crippen molar-refractivity contribution in [2.24, 2.45) is 0 Å². The molecule has 0 saturated heterocycles. The highest BCUT2D eigenvalue weighted by Gasteiger charge is 2.32. The summed E-state index contributed by atoms with van der Waals surface area (Å²) < 4.78 is 42.4. The van der Waals surface area contributed by atoms with Crippen LogP contribution in [0.3, 0.4) is 0 Å². The first-order chi connectivity index (χ1) is 18.2. The van der Waals surface area contributed by atoms with E-state index >= 15 is 0 Å². The molecular formula is C25H26N8O4S. The molecule has 0 radical (unpaired) electrons. The molecule has 38 heavy (non-hydrogen) atoms. The van der Waals surface area contributed by atoms with E-state index in [9.17, 15) is 8.42 Å². The summed E-state index contributed by atoms with van der Waals surface area (Å²) in [6.07, 6.45) is 6.03. The molecule has 2 atom stereocenters. The zero-order valence-electron chi connectivity index (χ0n) is 21.4. The van der Waals surface area contributed by atoms with Gasteiger partial charge in [-0.2, -0.15) is 5.26 Å². The second-order valence-electron chi connectivity index (χ2n) is 8.53. The fourth-order valence-electron chi connectivity index (χ4n) is 3.81. The third kappa shape index (κ3) is 5.12. The van der Waals surface area contributed by atoms with E-state index < -0.39 is 21.2 Å². The Hall–Kier alpha value is -4.57. The smallest absolute Gasteiger partial charge is 0.243 e. The first-order valence-corrected chi connectivity index (χ1v) is 13.1. The highest BCUT2D eigenvalue weighted by Crippen LogP contribution is 2.38. The molecule has 0 aliphatic carbocycles. The first kappa shape index (κ1) is 26.5. The number of aryl methyl sites for hydroxylation is 1. The summed E-state index contributed by atoms with van der Waals surface area (Å²) in [7, 11) is -1.04. The lowest BCUT2D eigenvalue weighted by atomic mass is 10.1. The summed E-state index contributed by atoms with van der Waals surface area (Å²) in [6, 6.07) is 9.01. The lowest BCUT2D eigenvalue weighted by Gasteiger charge is -2.21. The van der Waals surface area contributed by atoms with E-state index in [1.807, 2.05) is 19.1 Å². The predicted octanol–water partition coefficient (Wildman–Crippen LogP) is 3.25. The summed E-state index contributed by atoms with van der Waals surface area (Å²) in [4.78, 5) is 12.6. The van der Waals surface area contributed by atoms with E-state index in [0.29, 0.717) is 34.4 Å². The van der Waals surface area contributed by atoms with Crippen molar-refractivity contribution < 1.29 is 17.9 Å². The number of methoxy groups -OCH3 is 2. The van der Waals surface area contributed by atoms with Crippen LogP contribution in [0.1, 0.15) is 36.7 Å². The van der Waals surface area contributed by atoms with Gasteiger partial charge in [0, 0.05) is 36.3 Å². The minimum atomic E-state index is -4.04. The molecule has 0 amide bonds. The van der Waals surface area contributed by atoms with Gasteiger partial charge in [-0.1, -0.05) is 13.0 Å². The van der Waals surface area contributed by atoms with E-state index in [1.165, 1.54) is 31.2 Å². The molecule has 0 aliphatic rings. The maximum atomic E-state index is 13.6. The maximum absolute atomic E-state index is 13.6. The normalized spacial score (nSPS) is 12.8. The van der Waals surface area contributed by atoms with Crippen LogP contribution in [0.4, 0.5) is 5.95 Å². The van der Waals surface area contributed by atoms with E-state index in [2.05, 4.69) is 29.9 Å². The number of ether oxygens (including phenoxy) is 2. The topological polar surface area (TPSA) is 158 Å². The Balaban J connectivity index is 1.82. The molecule has 3 aromatic heterocycles. The van der Waals surface area contributed by atoms with E-state index in [4.69, 9.17) is 14.7 Å². The number of rotatable bonds is 9. The van der Waals surface area contributed by atoms with Gasteiger partial charge in [-0.25, -0.2) is 18.4 Å². The molecule has 12 nitrogen and oxygen atoms in total. The quantitative estimate of drug-likeness (QED) is 0.338. The number of nitrogens with zero attached hydrogens (tertiary/aromatic N) is 7. The van der Waals surface area contributed by atoms with Crippen LogP contribution in [0.25, 0.3) is 17.1 Å². The van der Waals surface area contributed by atoms with Crippen molar-refractivity contribution in [2.45, 2.75) is 31.9 Å². The Labute approximate surface area is 220 Å². The summed E-state index contributed by atoms with van der Waals surface area (Å²) in [5.41, 5.74) is 2.19. The summed E-state index contributed by atoms with van der Waals surface area (Å²) in [6.45, 7) is 5.13. The van der Waals surface area contributed by atoms with Gasteiger partial charge in [0.05, 0.1) is 25.0 Å². The van der Waals surface area contributed by atoms with Crippen LogP contribution in [0.15, 0.2) is 49.1 Å². The van der Waals surface area contributed by atoms with Gasteiger partial charge in [0.1, 0.15) is 29.1 Å². The molecule has 1 aromatic carbocycles. The van der Waals surface area contributed by atoms with Crippen molar-refractivity contribution in [3.05, 3.63) is 66.0 Å². The van der Waals surface area contributed by atoms with Crippen molar-refractivity contribution in [2.75, 3.05) is 18.9 Å². The summed E-state index contributed by atoms with van der Waals surface area (Å²) in [5, 5.41) is 16.5. The van der Waals surface area contributed by atoms with Gasteiger partial charge >= 0.3 is 0 Å². The second-order valence-corrected chi connectivity index (χ2v) is 10.6. The third-order valence-corrected chi connectivity index (χ3v) is 7.91. The molecule has 0 spiro atoms. The molecule has 3 heterocycles. The SMILES string of the molecule is COc1cccc(OC)c1-n1c(NS(=O)(=O)[C@@H](C)[C@H](C)c2ncc(C#N)cn2)nnc1-c1cncc(C)c1. The molecule has 0 aliphatic heterocycles. The fourth-order valence-corrected chi connectivity index (χ4v) is 5.04. The van der Waals surface area contributed by atoms with Crippen LogP contribution >= 0.6 is 0 Å². The Morgan fingerprint density at radius 3 is 2.26 bits per heavy atom. The number of anilines is 1. The zero-order valence-corrected chi connectivity index (χ0v) is 22.3. The molecule has 0 fully saturated rings. The number of hydrogen-bond donors (Lipinski definition) is 1. The van der Waals surface area contributed by atoms with Gasteiger partial charge in [0.25, 0.3) is 0 Å². The zero-order chi connectivity index (χ0) is 27.4. The molecule has 1 N–H and O–H groups in total. The molecule has 0 unspecified atom stereocenters. The number of benzene rings is 1. The van der Waals surface area contributed by atoms with Gasteiger partial charge in [0.2, 0.25) is 16.0 Å². The number of hydrogen-bond acceptors (Lipinski definition) is 10. The summed E-state index contributed by atoms with van der Waals surface area (Å²) in [5.74, 6) is 0.791. The lowest BCUT2D eigenvalue weighted by Crippen LogP contribution is -2.31. The van der Waals surface area contributed by atoms with Crippen molar-refractivity contribution in [1.29, 1.82) is 5.26 Å². The number of nitrogens with one attached hydrogen (secondary N) is 1. The molecule has 0 bridgehead atoms. The Morgan fingerprint density at radius 1 is 1.03 bits per heavy atom.